The van der Waals surface area contributed by atoms with E-state index in [9.17, 15) is 19.2 Å². The first kappa shape index (κ1) is 41.6. The van der Waals surface area contributed by atoms with Crippen LogP contribution in [0.25, 0.3) is 18.2 Å². The number of rotatable bonds is 10. The zero-order chi connectivity index (χ0) is 41.3. The average Bonchev–Trinajstić information content (AvgIpc) is 3.20. The van der Waals surface area contributed by atoms with E-state index in [1.54, 1.807) is 55.5 Å². The molecule has 0 heterocycles. The van der Waals surface area contributed by atoms with Crippen LogP contribution >= 0.6 is 0 Å². The third-order valence-electron chi connectivity index (χ3n) is 7.35. The molecule has 0 aliphatic heterocycles. The van der Waals surface area contributed by atoms with Gasteiger partial charge < -0.3 is 18.9 Å². The highest BCUT2D eigenvalue weighted by atomic mass is 16.5. The van der Waals surface area contributed by atoms with Gasteiger partial charge >= 0.3 is 23.9 Å². The van der Waals surface area contributed by atoms with Gasteiger partial charge in [-0.2, -0.15) is 0 Å². The Morgan fingerprint density at radius 1 is 0.561 bits per heavy atom. The van der Waals surface area contributed by atoms with Crippen LogP contribution in [0.5, 0.6) is 11.5 Å². The molecule has 0 saturated carbocycles. The van der Waals surface area contributed by atoms with Gasteiger partial charge in [-0.3, -0.25) is 0 Å². The number of esters is 4. The molecule has 0 aliphatic rings. The molecule has 4 aromatic rings. The number of hydrogen-bond donors (Lipinski definition) is 0. The molecular formula is C49H36O8. The summed E-state index contributed by atoms with van der Waals surface area (Å²) in [6, 6.07) is 24.8. The topological polar surface area (TPSA) is 105 Å². The van der Waals surface area contributed by atoms with Crippen molar-refractivity contribution in [2.24, 2.45) is 0 Å². The molecule has 0 saturated heterocycles. The van der Waals surface area contributed by atoms with Gasteiger partial charge in [0.25, 0.3) is 0 Å². The van der Waals surface area contributed by atoms with Gasteiger partial charge in [-0.1, -0.05) is 74.3 Å². The van der Waals surface area contributed by atoms with E-state index in [1.807, 2.05) is 48.6 Å². The predicted octanol–water partition coefficient (Wildman–Crippen LogP) is 8.75. The quantitative estimate of drug-likeness (QED) is 0.0396. The summed E-state index contributed by atoms with van der Waals surface area (Å²) in [4.78, 5) is 47.9. The number of benzene rings is 4. The first-order valence-corrected chi connectivity index (χ1v) is 17.1. The third kappa shape index (κ3) is 13.4. The predicted molar refractivity (Wildman–Crippen MR) is 221 cm³/mol. The van der Waals surface area contributed by atoms with Gasteiger partial charge in [0.1, 0.15) is 17.6 Å². The minimum absolute atomic E-state index is 0.150. The lowest BCUT2D eigenvalue weighted by Crippen LogP contribution is -2.10. The summed E-state index contributed by atoms with van der Waals surface area (Å²) in [7, 11) is 0. The van der Waals surface area contributed by atoms with Crippen LogP contribution in [0.2, 0.25) is 0 Å². The molecule has 57 heavy (non-hydrogen) atoms. The lowest BCUT2D eigenvalue weighted by Gasteiger charge is -2.11. The Balaban J connectivity index is 1.62. The summed E-state index contributed by atoms with van der Waals surface area (Å²) >= 11 is 0. The van der Waals surface area contributed by atoms with E-state index in [0.717, 1.165) is 22.8 Å². The van der Waals surface area contributed by atoms with Gasteiger partial charge in [-0.15, -0.1) is 0 Å². The van der Waals surface area contributed by atoms with E-state index in [0.29, 0.717) is 33.6 Å². The van der Waals surface area contributed by atoms with Crippen molar-refractivity contribution >= 4 is 42.1 Å². The van der Waals surface area contributed by atoms with E-state index in [-0.39, 0.29) is 22.5 Å². The van der Waals surface area contributed by atoms with Crippen molar-refractivity contribution < 1.29 is 38.1 Å². The van der Waals surface area contributed by atoms with Crippen molar-refractivity contribution in [2.75, 3.05) is 0 Å². The summed E-state index contributed by atoms with van der Waals surface area (Å²) in [5.74, 6) is 13.2. The van der Waals surface area contributed by atoms with Crippen LogP contribution in [0.1, 0.15) is 65.3 Å². The minimum atomic E-state index is -0.654. The molecule has 0 radical (unpaired) electrons. The maximum atomic E-state index is 12.8. The van der Waals surface area contributed by atoms with Crippen molar-refractivity contribution in [3.05, 3.63) is 185 Å². The van der Waals surface area contributed by atoms with Crippen molar-refractivity contribution in [2.45, 2.75) is 20.8 Å². The maximum Gasteiger partial charge on any atom is 0.347 e. The molecule has 8 heteroatoms. The van der Waals surface area contributed by atoms with Crippen molar-refractivity contribution in [1.29, 1.82) is 0 Å². The SMILES string of the molecule is C=CC(=O)Oc1ccc(C#Cc2c(/C=C/OC(=O)C(=C)C)cc(/C=C/c3ccc(C#Cc4ccc(C#COC(=O)C(=C)C)cc4)cc3)cc2OC(=O)C(=C)C)cc1. The summed E-state index contributed by atoms with van der Waals surface area (Å²) in [5, 5.41) is 0. The van der Waals surface area contributed by atoms with Crippen LogP contribution in [0, 0.1) is 35.7 Å². The zero-order valence-electron chi connectivity index (χ0n) is 31.6. The molecule has 0 N–H and O–H groups in total. The van der Waals surface area contributed by atoms with Gasteiger partial charge in [0.05, 0.1) is 11.8 Å². The van der Waals surface area contributed by atoms with Crippen LogP contribution in [-0.4, -0.2) is 23.9 Å². The molecule has 280 valence electrons. The number of ether oxygens (including phenoxy) is 4. The highest BCUT2D eigenvalue weighted by Crippen LogP contribution is 2.28. The second kappa shape index (κ2) is 20.4. The Morgan fingerprint density at radius 2 is 1.07 bits per heavy atom. The fraction of sp³-hybridized carbons (Fsp3) is 0.0612. The van der Waals surface area contributed by atoms with Crippen LogP contribution in [0.3, 0.4) is 0 Å². The van der Waals surface area contributed by atoms with E-state index in [1.165, 1.54) is 26.2 Å². The first-order valence-electron chi connectivity index (χ1n) is 17.1. The Hall–Kier alpha value is -8.12. The Labute approximate surface area is 332 Å². The van der Waals surface area contributed by atoms with Crippen LogP contribution in [-0.2, 0) is 28.7 Å². The van der Waals surface area contributed by atoms with E-state index >= 15 is 0 Å². The van der Waals surface area contributed by atoms with Gasteiger partial charge in [-0.25, -0.2) is 19.2 Å². The van der Waals surface area contributed by atoms with Crippen LogP contribution < -0.4 is 9.47 Å². The minimum Gasteiger partial charge on any atom is -0.431 e. The molecule has 0 aromatic heterocycles. The summed E-state index contributed by atoms with van der Waals surface area (Å²) in [6.07, 6.45) is 9.90. The first-order chi connectivity index (χ1) is 27.3. The van der Waals surface area contributed by atoms with Gasteiger partial charge in [0.2, 0.25) is 0 Å². The highest BCUT2D eigenvalue weighted by Gasteiger charge is 2.14. The average molecular weight is 753 g/mol. The standard InChI is InChI=1S/C49H36O8/c1-8-46(50)56-43-24-21-39(22-25-43)23-26-44-42(28-30-55-48(52)34(4)5)31-41(32-45(44)57-49(53)35(6)7)20-19-38-13-11-36(12-14-38)9-10-37-15-17-40(18-16-37)27-29-54-47(51)33(2)3/h8,11-22,24-25,28,30-32H,1-2,4,6H2,3,5,7H3/b20-19+,30-28+. The molecule has 0 atom stereocenters. The maximum absolute atomic E-state index is 12.8. The van der Waals surface area contributed by atoms with Gasteiger partial charge in [-0.05, 0) is 122 Å². The zero-order valence-corrected chi connectivity index (χ0v) is 31.6. The number of carbonyl (C=O) groups is 4. The Kier molecular flexibility index (Phi) is 14.9. The summed E-state index contributed by atoms with van der Waals surface area (Å²) in [6.45, 7) is 18.8. The Morgan fingerprint density at radius 3 is 1.63 bits per heavy atom. The number of carbonyl (C=O) groups excluding carboxylic acids is 4. The van der Waals surface area contributed by atoms with E-state index in [4.69, 9.17) is 18.9 Å². The highest BCUT2D eigenvalue weighted by molar-refractivity contribution is 5.90. The lowest BCUT2D eigenvalue weighted by molar-refractivity contribution is -0.134. The third-order valence-corrected chi connectivity index (χ3v) is 7.35. The fourth-order valence-electron chi connectivity index (χ4n) is 4.33. The molecule has 0 amide bonds. The monoisotopic (exact) mass is 752 g/mol. The molecular weight excluding hydrogens is 717 g/mol. The van der Waals surface area contributed by atoms with Crippen LogP contribution in [0.15, 0.2) is 140 Å². The second-order valence-electron chi connectivity index (χ2n) is 12.2. The van der Waals surface area contributed by atoms with Crippen LogP contribution in [0.4, 0.5) is 0 Å². The number of hydrogen-bond acceptors (Lipinski definition) is 8. The second-order valence-corrected chi connectivity index (χ2v) is 12.2. The smallest absolute Gasteiger partial charge is 0.347 e. The molecule has 8 nitrogen and oxygen atoms in total. The normalized spacial score (nSPS) is 10.0. The molecule has 0 bridgehead atoms. The van der Waals surface area contributed by atoms with E-state index < -0.39 is 23.9 Å². The molecule has 0 aliphatic carbocycles. The fourth-order valence-corrected chi connectivity index (χ4v) is 4.33. The van der Waals surface area contributed by atoms with Gasteiger partial charge in [0.15, 0.2) is 0 Å². The van der Waals surface area contributed by atoms with Crippen molar-refractivity contribution in [1.82, 2.24) is 0 Å². The van der Waals surface area contributed by atoms with Crippen molar-refractivity contribution in [3.8, 4) is 47.2 Å². The summed E-state index contributed by atoms with van der Waals surface area (Å²) < 4.78 is 20.9. The molecule has 0 spiro atoms. The molecule has 0 fully saturated rings. The molecule has 4 aromatic carbocycles. The largest absolute Gasteiger partial charge is 0.431 e. The molecule has 4 rings (SSSR count). The van der Waals surface area contributed by atoms with Crippen molar-refractivity contribution in [3.63, 3.8) is 0 Å². The van der Waals surface area contributed by atoms with E-state index in [2.05, 4.69) is 62.0 Å². The van der Waals surface area contributed by atoms with Gasteiger partial charge in [0, 0.05) is 45.0 Å². The Bertz CT molecular complexity index is 2510. The lowest BCUT2D eigenvalue weighted by atomic mass is 10.0. The molecule has 0 unspecified atom stereocenters. The summed E-state index contributed by atoms with van der Waals surface area (Å²) in [5.41, 5.74) is 5.82.